The number of nitrogens with zero attached hydrogens (tertiary/aromatic N) is 1. The zero-order valence-corrected chi connectivity index (χ0v) is 18.7. The van der Waals surface area contributed by atoms with Crippen molar-refractivity contribution in [2.75, 3.05) is 7.11 Å². The van der Waals surface area contributed by atoms with Crippen LogP contribution in [0.1, 0.15) is 42.1 Å². The summed E-state index contributed by atoms with van der Waals surface area (Å²) in [6, 6.07) is 25.7. The van der Waals surface area contributed by atoms with E-state index in [0.29, 0.717) is 12.3 Å². The lowest BCUT2D eigenvalue weighted by atomic mass is 9.96. The van der Waals surface area contributed by atoms with E-state index in [-0.39, 0.29) is 18.5 Å². The number of aliphatic carboxylic acids is 1. The molecule has 3 aromatic carbocycles. The number of carboxylic acids is 1. The summed E-state index contributed by atoms with van der Waals surface area (Å²) >= 11 is 3.54. The van der Waals surface area contributed by atoms with Crippen LogP contribution in [0.5, 0.6) is 5.75 Å². The topological polar surface area (TPSA) is 49.8 Å². The molecule has 0 spiro atoms. The van der Waals surface area contributed by atoms with Gasteiger partial charge in [-0.05, 0) is 36.2 Å². The van der Waals surface area contributed by atoms with E-state index in [4.69, 9.17) is 4.74 Å². The van der Waals surface area contributed by atoms with Crippen LogP contribution in [0.2, 0.25) is 0 Å². The molecule has 0 aliphatic carbocycles. The van der Waals surface area contributed by atoms with Crippen molar-refractivity contribution in [1.29, 1.82) is 0 Å². The van der Waals surface area contributed by atoms with E-state index in [9.17, 15) is 9.90 Å². The normalized spacial score (nSPS) is 13.1. The van der Waals surface area contributed by atoms with Gasteiger partial charge in [0.05, 0.1) is 13.5 Å². The standard InChI is InChI=1S/C25H26BrNO3/c1-18(20-11-7-4-8-12-20)27(17-19-9-5-3-6-10-19)23(16-25(28)29)22-15-21(26)13-14-24(22)30-2/h3-15,18,23H,16-17H2,1-2H3,(H,28,29)/t18-,23?/m1/s1. The number of benzene rings is 3. The first-order chi connectivity index (χ1) is 14.5. The van der Waals surface area contributed by atoms with Crippen LogP contribution in [0.4, 0.5) is 0 Å². The molecule has 1 N–H and O–H groups in total. The van der Waals surface area contributed by atoms with Crippen molar-refractivity contribution in [2.45, 2.75) is 32.0 Å². The van der Waals surface area contributed by atoms with Gasteiger partial charge in [0.15, 0.2) is 0 Å². The number of methoxy groups -OCH3 is 1. The van der Waals surface area contributed by atoms with Crippen LogP contribution in [0.3, 0.4) is 0 Å². The molecule has 5 heteroatoms. The minimum Gasteiger partial charge on any atom is -0.496 e. The van der Waals surface area contributed by atoms with Crippen LogP contribution in [-0.4, -0.2) is 23.1 Å². The van der Waals surface area contributed by atoms with E-state index in [1.807, 2.05) is 54.6 Å². The zero-order chi connectivity index (χ0) is 21.5. The Balaban J connectivity index is 2.11. The molecule has 156 valence electrons. The Bertz CT molecular complexity index is 963. The van der Waals surface area contributed by atoms with E-state index in [1.165, 1.54) is 0 Å². The predicted octanol–water partition coefficient (Wildman–Crippen LogP) is 6.24. The van der Waals surface area contributed by atoms with E-state index >= 15 is 0 Å². The minimum absolute atomic E-state index is 0.000515. The van der Waals surface area contributed by atoms with Gasteiger partial charge in [0.2, 0.25) is 0 Å². The summed E-state index contributed by atoms with van der Waals surface area (Å²) in [7, 11) is 1.62. The van der Waals surface area contributed by atoms with E-state index < -0.39 is 5.97 Å². The third-order valence-corrected chi connectivity index (χ3v) is 5.80. The first-order valence-electron chi connectivity index (χ1n) is 9.89. The van der Waals surface area contributed by atoms with E-state index in [0.717, 1.165) is 21.2 Å². The number of halogens is 1. The van der Waals surface area contributed by atoms with Gasteiger partial charge in [-0.25, -0.2) is 0 Å². The number of carboxylic acid groups (broad SMARTS) is 1. The van der Waals surface area contributed by atoms with Crippen LogP contribution >= 0.6 is 15.9 Å². The van der Waals surface area contributed by atoms with Crippen LogP contribution in [-0.2, 0) is 11.3 Å². The molecule has 30 heavy (non-hydrogen) atoms. The fourth-order valence-corrected chi connectivity index (χ4v) is 4.15. The molecule has 0 aliphatic heterocycles. The van der Waals surface area contributed by atoms with E-state index in [2.05, 4.69) is 52.0 Å². The average Bonchev–Trinajstić information content (AvgIpc) is 2.77. The van der Waals surface area contributed by atoms with Crippen LogP contribution < -0.4 is 4.74 Å². The summed E-state index contributed by atoms with van der Waals surface area (Å²) < 4.78 is 6.50. The van der Waals surface area contributed by atoms with Crippen molar-refractivity contribution >= 4 is 21.9 Å². The molecule has 0 amide bonds. The number of ether oxygens (including phenoxy) is 1. The van der Waals surface area contributed by atoms with Crippen molar-refractivity contribution < 1.29 is 14.6 Å². The number of rotatable bonds is 9. The molecule has 0 fully saturated rings. The summed E-state index contributed by atoms with van der Waals surface area (Å²) in [6.07, 6.45) is -0.0309. The SMILES string of the molecule is COc1ccc(Br)cc1C(CC(=O)O)N(Cc1ccccc1)[C@H](C)c1ccccc1. The van der Waals surface area contributed by atoms with Crippen LogP contribution in [0.25, 0.3) is 0 Å². The molecule has 0 aromatic heterocycles. The van der Waals surface area contributed by atoms with Gasteiger partial charge in [0.1, 0.15) is 5.75 Å². The molecule has 0 aliphatic rings. The average molecular weight is 468 g/mol. The second-order valence-corrected chi connectivity index (χ2v) is 8.16. The van der Waals surface area contributed by atoms with Crippen molar-refractivity contribution in [3.63, 3.8) is 0 Å². The summed E-state index contributed by atoms with van der Waals surface area (Å²) in [5, 5.41) is 9.77. The zero-order valence-electron chi connectivity index (χ0n) is 17.2. The van der Waals surface area contributed by atoms with Gasteiger partial charge in [-0.2, -0.15) is 0 Å². The smallest absolute Gasteiger partial charge is 0.305 e. The number of hydrogen-bond donors (Lipinski definition) is 1. The molecule has 0 heterocycles. The molecule has 2 atom stereocenters. The second kappa shape index (κ2) is 10.4. The molecular weight excluding hydrogens is 442 g/mol. The molecule has 4 nitrogen and oxygen atoms in total. The van der Waals surface area contributed by atoms with Gasteiger partial charge in [-0.1, -0.05) is 76.6 Å². The largest absolute Gasteiger partial charge is 0.496 e. The first kappa shape index (κ1) is 22.1. The Morgan fingerprint density at radius 2 is 1.67 bits per heavy atom. The third kappa shape index (κ3) is 5.49. The number of carbonyl (C=O) groups is 1. The maximum absolute atomic E-state index is 11.9. The fraction of sp³-hybridized carbons (Fsp3) is 0.240. The molecular formula is C25H26BrNO3. The molecule has 1 unspecified atom stereocenters. The van der Waals surface area contributed by atoms with Gasteiger partial charge in [0, 0.05) is 28.7 Å². The van der Waals surface area contributed by atoms with Gasteiger partial charge in [-0.15, -0.1) is 0 Å². The predicted molar refractivity (Wildman–Crippen MR) is 123 cm³/mol. The lowest BCUT2D eigenvalue weighted by molar-refractivity contribution is -0.138. The first-order valence-corrected chi connectivity index (χ1v) is 10.7. The Morgan fingerprint density at radius 1 is 1.03 bits per heavy atom. The lowest BCUT2D eigenvalue weighted by Gasteiger charge is -2.37. The molecule has 3 aromatic rings. The van der Waals surface area contributed by atoms with Gasteiger partial charge in [-0.3, -0.25) is 9.69 Å². The molecule has 0 saturated heterocycles. The minimum atomic E-state index is -0.847. The molecule has 3 rings (SSSR count). The highest BCUT2D eigenvalue weighted by molar-refractivity contribution is 9.10. The van der Waals surface area contributed by atoms with Crippen molar-refractivity contribution in [1.82, 2.24) is 4.90 Å². The highest BCUT2D eigenvalue weighted by Gasteiger charge is 2.30. The van der Waals surface area contributed by atoms with Crippen molar-refractivity contribution in [2.24, 2.45) is 0 Å². The van der Waals surface area contributed by atoms with Gasteiger partial charge >= 0.3 is 5.97 Å². The maximum Gasteiger partial charge on any atom is 0.305 e. The number of hydrogen-bond acceptors (Lipinski definition) is 3. The monoisotopic (exact) mass is 467 g/mol. The molecule has 0 bridgehead atoms. The Morgan fingerprint density at radius 3 is 2.27 bits per heavy atom. The van der Waals surface area contributed by atoms with E-state index in [1.54, 1.807) is 7.11 Å². The fourth-order valence-electron chi connectivity index (χ4n) is 3.77. The summed E-state index contributed by atoms with van der Waals surface area (Å²) in [6.45, 7) is 2.74. The van der Waals surface area contributed by atoms with Crippen molar-refractivity contribution in [3.05, 3.63) is 100 Å². The molecule has 0 saturated carbocycles. The Kier molecular flexibility index (Phi) is 7.66. The highest BCUT2D eigenvalue weighted by atomic mass is 79.9. The van der Waals surface area contributed by atoms with Crippen molar-refractivity contribution in [3.8, 4) is 5.75 Å². The Hall–Kier alpha value is -2.63. The summed E-state index contributed by atoms with van der Waals surface area (Å²) in [5.41, 5.74) is 3.12. The van der Waals surface area contributed by atoms with Crippen LogP contribution in [0, 0.1) is 0 Å². The quantitative estimate of drug-likeness (QED) is 0.404. The second-order valence-electron chi connectivity index (χ2n) is 7.24. The maximum atomic E-state index is 11.9. The summed E-state index contributed by atoms with van der Waals surface area (Å²) in [5.74, 6) is -0.164. The molecule has 0 radical (unpaired) electrons. The lowest BCUT2D eigenvalue weighted by Crippen LogP contribution is -2.33. The van der Waals surface area contributed by atoms with Gasteiger partial charge < -0.3 is 9.84 Å². The van der Waals surface area contributed by atoms with Crippen LogP contribution in [0.15, 0.2) is 83.3 Å². The Labute approximate surface area is 186 Å². The summed E-state index contributed by atoms with van der Waals surface area (Å²) in [4.78, 5) is 14.1. The van der Waals surface area contributed by atoms with Gasteiger partial charge in [0.25, 0.3) is 0 Å². The highest BCUT2D eigenvalue weighted by Crippen LogP contribution is 2.39. The third-order valence-electron chi connectivity index (χ3n) is 5.31.